The van der Waals surface area contributed by atoms with Crippen molar-refractivity contribution in [1.29, 1.82) is 0 Å². The smallest absolute Gasteiger partial charge is 0.352 e. The van der Waals surface area contributed by atoms with Gasteiger partial charge in [0.15, 0.2) is 0 Å². The van der Waals surface area contributed by atoms with Gasteiger partial charge in [-0.2, -0.15) is 9.78 Å². The fourth-order valence-corrected chi connectivity index (χ4v) is 2.98. The summed E-state index contributed by atoms with van der Waals surface area (Å²) in [6.45, 7) is 2.41. The highest BCUT2D eigenvalue weighted by Gasteiger charge is 2.20. The Bertz CT molecular complexity index is 1170. The highest BCUT2D eigenvalue weighted by molar-refractivity contribution is 6.30. The number of hydrogen-bond donors (Lipinski definition) is 1. The molecule has 0 saturated carbocycles. The molecule has 1 amide bonds. The van der Waals surface area contributed by atoms with E-state index in [1.54, 1.807) is 18.2 Å². The summed E-state index contributed by atoms with van der Waals surface area (Å²) in [7, 11) is 1.50. The lowest BCUT2D eigenvalue weighted by atomic mass is 10.1. The molecule has 3 rings (SSSR count). The van der Waals surface area contributed by atoms with Gasteiger partial charge >= 0.3 is 5.69 Å². The number of ether oxygens (including phenoxy) is 1. The molecule has 2 aromatic carbocycles. The fraction of sp³-hybridized carbons (Fsp3) is 0.238. The number of benzene rings is 2. The summed E-state index contributed by atoms with van der Waals surface area (Å²) in [5.74, 6) is -0.689. The van der Waals surface area contributed by atoms with Crippen molar-refractivity contribution in [3.8, 4) is 5.69 Å². The van der Waals surface area contributed by atoms with Crippen molar-refractivity contribution < 1.29 is 9.53 Å². The molecule has 0 unspecified atom stereocenters. The summed E-state index contributed by atoms with van der Waals surface area (Å²) < 4.78 is 6.90. The first-order valence-electron chi connectivity index (χ1n) is 9.23. The van der Waals surface area contributed by atoms with Crippen molar-refractivity contribution in [3.63, 3.8) is 0 Å². The summed E-state index contributed by atoms with van der Waals surface area (Å²) in [6, 6.07) is 13.9. The van der Waals surface area contributed by atoms with Gasteiger partial charge in [-0.25, -0.2) is 4.79 Å². The van der Waals surface area contributed by atoms with Crippen LogP contribution in [0.2, 0.25) is 5.02 Å². The number of hydrogen-bond acceptors (Lipinski definition) is 5. The number of amides is 1. The van der Waals surface area contributed by atoms with Crippen LogP contribution in [0.1, 0.15) is 21.6 Å². The second kappa shape index (κ2) is 9.51. The zero-order valence-electron chi connectivity index (χ0n) is 16.6. The average molecular weight is 429 g/mol. The van der Waals surface area contributed by atoms with Crippen molar-refractivity contribution in [2.24, 2.45) is 0 Å². The molecule has 9 heteroatoms. The molecular formula is C21H21ClN4O4. The van der Waals surface area contributed by atoms with E-state index < -0.39 is 22.9 Å². The maximum atomic E-state index is 13.1. The number of nitrogens with one attached hydrogen (secondary N) is 1. The molecule has 0 aliphatic carbocycles. The second-order valence-corrected chi connectivity index (χ2v) is 7.08. The van der Waals surface area contributed by atoms with Gasteiger partial charge in [-0.3, -0.25) is 14.2 Å². The molecule has 0 atom stereocenters. The van der Waals surface area contributed by atoms with Crippen LogP contribution in [0.25, 0.3) is 5.69 Å². The molecular weight excluding hydrogens is 408 g/mol. The van der Waals surface area contributed by atoms with Crippen molar-refractivity contribution in [2.45, 2.75) is 13.5 Å². The van der Waals surface area contributed by atoms with Crippen LogP contribution in [0.4, 0.5) is 0 Å². The molecule has 0 saturated heterocycles. The van der Waals surface area contributed by atoms with E-state index in [-0.39, 0.29) is 19.7 Å². The second-order valence-electron chi connectivity index (χ2n) is 6.65. The molecule has 0 bridgehead atoms. The zero-order chi connectivity index (χ0) is 21.7. The predicted octanol–water partition coefficient (Wildman–Crippen LogP) is 1.78. The Kier molecular flexibility index (Phi) is 6.81. The van der Waals surface area contributed by atoms with Crippen LogP contribution in [0, 0.1) is 6.92 Å². The van der Waals surface area contributed by atoms with E-state index >= 15 is 0 Å². The normalized spacial score (nSPS) is 10.8. The van der Waals surface area contributed by atoms with Gasteiger partial charge in [0.2, 0.25) is 5.69 Å². The molecule has 3 aromatic rings. The minimum Gasteiger partial charge on any atom is -0.383 e. The molecule has 1 aromatic heterocycles. The number of aromatic nitrogens is 3. The Morgan fingerprint density at radius 1 is 1.17 bits per heavy atom. The van der Waals surface area contributed by atoms with Crippen molar-refractivity contribution in [2.75, 3.05) is 20.3 Å². The number of methoxy groups -OCH3 is 1. The Hall–Kier alpha value is -3.23. The van der Waals surface area contributed by atoms with Crippen LogP contribution in [0.3, 0.4) is 0 Å². The summed E-state index contributed by atoms with van der Waals surface area (Å²) >= 11 is 6.04. The quantitative estimate of drug-likeness (QED) is 0.579. The van der Waals surface area contributed by atoms with Gasteiger partial charge < -0.3 is 10.1 Å². The van der Waals surface area contributed by atoms with E-state index in [1.165, 1.54) is 13.2 Å². The fourth-order valence-electron chi connectivity index (χ4n) is 2.80. The summed E-state index contributed by atoms with van der Waals surface area (Å²) in [5.41, 5.74) is 0.309. The van der Waals surface area contributed by atoms with Crippen LogP contribution < -0.4 is 16.6 Å². The maximum absolute atomic E-state index is 13.1. The number of nitrogens with zero attached hydrogens (tertiary/aromatic N) is 3. The molecule has 0 spiro atoms. The van der Waals surface area contributed by atoms with E-state index in [2.05, 4.69) is 10.4 Å². The number of aryl methyl sites for hydroxylation is 1. The van der Waals surface area contributed by atoms with Crippen molar-refractivity contribution in [3.05, 3.63) is 91.2 Å². The summed E-state index contributed by atoms with van der Waals surface area (Å²) in [4.78, 5) is 38.6. The van der Waals surface area contributed by atoms with Gasteiger partial charge in [0.05, 0.1) is 18.8 Å². The Morgan fingerprint density at radius 2 is 1.90 bits per heavy atom. The third-order valence-corrected chi connectivity index (χ3v) is 4.62. The standard InChI is InChI=1S/C21H21ClN4O4/c1-14-6-8-15(9-7-14)13-25-20(28)18(19(27)23-10-11-30-2)24-26(21(25)29)17-5-3-4-16(22)12-17/h3-9,12H,10-11,13H2,1-2H3,(H,23,27). The first-order valence-corrected chi connectivity index (χ1v) is 9.61. The van der Waals surface area contributed by atoms with E-state index in [0.29, 0.717) is 10.7 Å². The van der Waals surface area contributed by atoms with Gasteiger partial charge in [0, 0.05) is 18.7 Å². The minimum absolute atomic E-state index is 0.000612. The van der Waals surface area contributed by atoms with Crippen LogP contribution in [0.15, 0.2) is 58.1 Å². The van der Waals surface area contributed by atoms with Crippen LogP contribution in [0.5, 0.6) is 0 Å². The first-order chi connectivity index (χ1) is 14.4. The molecule has 0 aliphatic rings. The molecule has 0 radical (unpaired) electrons. The average Bonchev–Trinajstić information content (AvgIpc) is 2.72. The number of halogens is 1. The third-order valence-electron chi connectivity index (χ3n) is 4.38. The van der Waals surface area contributed by atoms with Crippen molar-refractivity contribution in [1.82, 2.24) is 19.7 Å². The van der Waals surface area contributed by atoms with Crippen LogP contribution >= 0.6 is 11.6 Å². The number of rotatable bonds is 7. The lowest BCUT2D eigenvalue weighted by molar-refractivity contribution is 0.0927. The molecule has 1 N–H and O–H groups in total. The Morgan fingerprint density at radius 3 is 2.57 bits per heavy atom. The van der Waals surface area contributed by atoms with Crippen LogP contribution in [-0.2, 0) is 11.3 Å². The lowest BCUT2D eigenvalue weighted by Gasteiger charge is -2.12. The molecule has 156 valence electrons. The van der Waals surface area contributed by atoms with E-state index in [9.17, 15) is 14.4 Å². The summed E-state index contributed by atoms with van der Waals surface area (Å²) in [6.07, 6.45) is 0. The topological polar surface area (TPSA) is 95.2 Å². The zero-order valence-corrected chi connectivity index (χ0v) is 17.3. The Balaban J connectivity index is 2.13. The van der Waals surface area contributed by atoms with Crippen LogP contribution in [-0.4, -0.2) is 40.5 Å². The van der Waals surface area contributed by atoms with E-state index in [1.807, 2.05) is 31.2 Å². The van der Waals surface area contributed by atoms with Gasteiger partial charge in [0.1, 0.15) is 0 Å². The van der Waals surface area contributed by atoms with E-state index in [4.69, 9.17) is 16.3 Å². The lowest BCUT2D eigenvalue weighted by Crippen LogP contribution is -2.46. The first kappa shape index (κ1) is 21.5. The monoisotopic (exact) mass is 428 g/mol. The van der Waals surface area contributed by atoms with E-state index in [0.717, 1.165) is 20.4 Å². The predicted molar refractivity (Wildman–Crippen MR) is 114 cm³/mol. The Labute approximate surface area is 177 Å². The van der Waals surface area contributed by atoms with Gasteiger partial charge in [-0.15, -0.1) is 0 Å². The maximum Gasteiger partial charge on any atom is 0.352 e. The highest BCUT2D eigenvalue weighted by Crippen LogP contribution is 2.12. The minimum atomic E-state index is -0.770. The van der Waals surface area contributed by atoms with Crippen molar-refractivity contribution >= 4 is 17.5 Å². The number of carbonyl (C=O) groups excluding carboxylic acids is 1. The highest BCUT2D eigenvalue weighted by atomic mass is 35.5. The molecule has 8 nitrogen and oxygen atoms in total. The summed E-state index contributed by atoms with van der Waals surface area (Å²) in [5, 5.41) is 7.00. The van der Waals surface area contributed by atoms with Gasteiger partial charge in [0.25, 0.3) is 11.5 Å². The molecule has 30 heavy (non-hydrogen) atoms. The van der Waals surface area contributed by atoms with Gasteiger partial charge in [-0.05, 0) is 30.7 Å². The van der Waals surface area contributed by atoms with Gasteiger partial charge in [-0.1, -0.05) is 47.5 Å². The third kappa shape index (κ3) is 4.84. The molecule has 1 heterocycles. The largest absolute Gasteiger partial charge is 0.383 e. The SMILES string of the molecule is COCCNC(=O)c1nn(-c2cccc(Cl)c2)c(=O)n(Cc2ccc(C)cc2)c1=O. The number of carbonyl (C=O) groups is 1. The molecule has 0 fully saturated rings. The molecule has 0 aliphatic heterocycles.